The number of aryl methyl sites for hydroxylation is 1. The molecule has 1 amide bonds. The second-order valence-electron chi connectivity index (χ2n) is 4.00. The largest absolute Gasteiger partial charge is 0.390 e. The van der Waals surface area contributed by atoms with Gasteiger partial charge in [0, 0.05) is 26.3 Å². The summed E-state index contributed by atoms with van der Waals surface area (Å²) in [6.45, 7) is 0.746. The van der Waals surface area contributed by atoms with Crippen LogP contribution in [0.4, 0.5) is 0 Å². The fourth-order valence-electron chi connectivity index (χ4n) is 1.32. The van der Waals surface area contributed by atoms with Crippen molar-refractivity contribution in [2.75, 3.05) is 27.2 Å². The quantitative estimate of drug-likeness (QED) is 0.680. The van der Waals surface area contributed by atoms with Gasteiger partial charge in [0.15, 0.2) is 0 Å². The number of aliphatic hydroxyl groups excluding tert-OH is 1. The first kappa shape index (κ1) is 12.7. The molecule has 6 nitrogen and oxygen atoms in total. The maximum atomic E-state index is 11.5. The van der Waals surface area contributed by atoms with Gasteiger partial charge in [0.25, 0.3) is 5.91 Å². The number of carbonyl (C=O) groups excluding carboxylic acids is 1. The molecular formula is C10H18N4O2. The average molecular weight is 226 g/mol. The molecule has 16 heavy (non-hydrogen) atoms. The van der Waals surface area contributed by atoms with Crippen molar-refractivity contribution in [2.45, 2.75) is 6.10 Å². The van der Waals surface area contributed by atoms with Crippen molar-refractivity contribution in [1.82, 2.24) is 20.0 Å². The van der Waals surface area contributed by atoms with Gasteiger partial charge in [-0.25, -0.2) is 0 Å². The highest BCUT2D eigenvalue weighted by Crippen LogP contribution is 1.94. The summed E-state index contributed by atoms with van der Waals surface area (Å²) >= 11 is 0. The van der Waals surface area contributed by atoms with Gasteiger partial charge in [-0.15, -0.1) is 0 Å². The molecule has 1 aromatic rings. The Hall–Kier alpha value is -1.40. The molecule has 0 spiro atoms. The molecule has 0 aliphatic rings. The summed E-state index contributed by atoms with van der Waals surface area (Å²) < 4.78 is 1.56. The highest BCUT2D eigenvalue weighted by molar-refractivity contribution is 5.92. The summed E-state index contributed by atoms with van der Waals surface area (Å²) in [5.41, 5.74) is 0.361. The van der Waals surface area contributed by atoms with Crippen molar-refractivity contribution in [2.24, 2.45) is 7.05 Å². The lowest BCUT2D eigenvalue weighted by molar-refractivity contribution is 0.0887. The third kappa shape index (κ3) is 4.00. The lowest BCUT2D eigenvalue weighted by atomic mass is 10.3. The molecule has 0 fully saturated rings. The number of aliphatic hydroxyl groups is 1. The van der Waals surface area contributed by atoms with Crippen LogP contribution in [0.15, 0.2) is 12.3 Å². The maximum absolute atomic E-state index is 11.5. The van der Waals surface area contributed by atoms with E-state index in [-0.39, 0.29) is 12.5 Å². The van der Waals surface area contributed by atoms with Crippen molar-refractivity contribution < 1.29 is 9.90 Å². The first-order valence-corrected chi connectivity index (χ1v) is 5.09. The van der Waals surface area contributed by atoms with Gasteiger partial charge >= 0.3 is 0 Å². The number of likely N-dealkylation sites (N-methyl/N-ethyl adjacent to an activating group) is 1. The van der Waals surface area contributed by atoms with Crippen molar-refractivity contribution >= 4 is 5.91 Å². The Bertz CT molecular complexity index is 348. The van der Waals surface area contributed by atoms with Crippen molar-refractivity contribution in [1.29, 1.82) is 0 Å². The van der Waals surface area contributed by atoms with Gasteiger partial charge in [-0.3, -0.25) is 9.48 Å². The number of amides is 1. The topological polar surface area (TPSA) is 70.4 Å². The lowest BCUT2D eigenvalue weighted by Crippen LogP contribution is -2.37. The molecule has 1 atom stereocenters. The molecule has 1 unspecified atom stereocenters. The standard InChI is InChI=1S/C10H18N4O2/c1-13(2)7-8(15)6-11-10(16)9-4-5-14(3)12-9/h4-5,8,15H,6-7H2,1-3H3,(H,11,16). The predicted molar refractivity (Wildman–Crippen MR) is 60.1 cm³/mol. The number of carbonyl (C=O) groups is 1. The van der Waals surface area contributed by atoms with E-state index >= 15 is 0 Å². The molecule has 6 heteroatoms. The van der Waals surface area contributed by atoms with Gasteiger partial charge in [-0.05, 0) is 20.2 Å². The molecule has 0 aliphatic carbocycles. The molecule has 0 aliphatic heterocycles. The summed E-state index contributed by atoms with van der Waals surface area (Å²) in [6.07, 6.45) is 1.13. The van der Waals surface area contributed by atoms with E-state index in [2.05, 4.69) is 10.4 Å². The molecule has 1 heterocycles. The highest BCUT2D eigenvalue weighted by Gasteiger charge is 2.11. The van der Waals surface area contributed by atoms with Crippen LogP contribution in [-0.4, -0.2) is 59.0 Å². The maximum Gasteiger partial charge on any atom is 0.271 e. The minimum atomic E-state index is -0.567. The van der Waals surface area contributed by atoms with Crippen LogP contribution in [0.3, 0.4) is 0 Å². The molecule has 0 radical (unpaired) electrons. The molecular weight excluding hydrogens is 208 g/mol. The van der Waals surface area contributed by atoms with Crippen LogP contribution >= 0.6 is 0 Å². The van der Waals surface area contributed by atoms with E-state index in [1.165, 1.54) is 0 Å². The molecule has 2 N–H and O–H groups in total. The van der Waals surface area contributed by atoms with Crippen molar-refractivity contribution in [3.8, 4) is 0 Å². The van der Waals surface area contributed by atoms with Gasteiger partial charge in [-0.1, -0.05) is 0 Å². The number of nitrogens with one attached hydrogen (secondary N) is 1. The number of aromatic nitrogens is 2. The Labute approximate surface area is 94.9 Å². The molecule has 1 rings (SSSR count). The smallest absolute Gasteiger partial charge is 0.271 e. The van der Waals surface area contributed by atoms with Gasteiger partial charge in [0.05, 0.1) is 6.10 Å². The van der Waals surface area contributed by atoms with E-state index in [4.69, 9.17) is 0 Å². The number of hydrogen-bond acceptors (Lipinski definition) is 4. The monoisotopic (exact) mass is 226 g/mol. The fraction of sp³-hybridized carbons (Fsp3) is 0.600. The zero-order valence-corrected chi connectivity index (χ0v) is 9.84. The Balaban J connectivity index is 2.35. The van der Waals surface area contributed by atoms with Crippen LogP contribution < -0.4 is 5.32 Å². The minimum Gasteiger partial charge on any atom is -0.390 e. The van der Waals surface area contributed by atoms with E-state index in [0.29, 0.717) is 12.2 Å². The number of nitrogens with zero attached hydrogens (tertiary/aromatic N) is 3. The molecule has 90 valence electrons. The normalized spacial score (nSPS) is 12.8. The summed E-state index contributed by atoms with van der Waals surface area (Å²) in [5, 5.41) is 16.1. The molecule has 0 saturated heterocycles. The van der Waals surface area contributed by atoms with Gasteiger partial charge in [-0.2, -0.15) is 5.10 Å². The SMILES string of the molecule is CN(C)CC(O)CNC(=O)c1ccn(C)n1. The van der Waals surface area contributed by atoms with Crippen molar-refractivity contribution in [3.63, 3.8) is 0 Å². The van der Waals surface area contributed by atoms with E-state index in [1.54, 1.807) is 24.0 Å². The zero-order valence-electron chi connectivity index (χ0n) is 9.84. The first-order chi connectivity index (χ1) is 7.49. The second kappa shape index (κ2) is 5.62. The van der Waals surface area contributed by atoms with E-state index in [0.717, 1.165) is 0 Å². The van der Waals surface area contributed by atoms with Crippen LogP contribution in [-0.2, 0) is 7.05 Å². The minimum absolute atomic E-state index is 0.230. The lowest BCUT2D eigenvalue weighted by Gasteiger charge is -2.15. The Morgan fingerprint density at radius 1 is 1.69 bits per heavy atom. The molecule has 0 bridgehead atoms. The highest BCUT2D eigenvalue weighted by atomic mass is 16.3. The zero-order chi connectivity index (χ0) is 12.1. The van der Waals surface area contributed by atoms with Gasteiger partial charge in [0.1, 0.15) is 5.69 Å². The van der Waals surface area contributed by atoms with E-state index in [1.807, 2.05) is 19.0 Å². The predicted octanol–water partition coefficient (Wildman–Crippen LogP) is -0.928. The van der Waals surface area contributed by atoms with Crippen LogP contribution in [0.2, 0.25) is 0 Å². The summed E-state index contributed by atoms with van der Waals surface area (Å²) in [6, 6.07) is 1.63. The van der Waals surface area contributed by atoms with Crippen LogP contribution in [0.5, 0.6) is 0 Å². The van der Waals surface area contributed by atoms with Gasteiger partial charge < -0.3 is 15.3 Å². The van der Waals surface area contributed by atoms with E-state index in [9.17, 15) is 9.90 Å². The summed E-state index contributed by atoms with van der Waals surface area (Å²) in [7, 11) is 5.48. The van der Waals surface area contributed by atoms with Crippen molar-refractivity contribution in [3.05, 3.63) is 18.0 Å². The molecule has 0 saturated carbocycles. The summed E-state index contributed by atoms with van der Waals surface area (Å²) in [4.78, 5) is 13.4. The van der Waals surface area contributed by atoms with Gasteiger partial charge in [0.2, 0.25) is 0 Å². The fourth-order valence-corrected chi connectivity index (χ4v) is 1.32. The molecule has 1 aromatic heterocycles. The Morgan fingerprint density at radius 2 is 2.38 bits per heavy atom. The second-order valence-corrected chi connectivity index (χ2v) is 4.00. The molecule has 0 aromatic carbocycles. The third-order valence-corrected chi connectivity index (χ3v) is 2.02. The van der Waals surface area contributed by atoms with E-state index < -0.39 is 6.10 Å². The number of hydrogen-bond donors (Lipinski definition) is 2. The first-order valence-electron chi connectivity index (χ1n) is 5.09. The Kier molecular flexibility index (Phi) is 4.45. The summed E-state index contributed by atoms with van der Waals surface area (Å²) in [5.74, 6) is -0.265. The van der Waals surface area contributed by atoms with Crippen LogP contribution in [0.1, 0.15) is 10.5 Å². The van der Waals surface area contributed by atoms with Crippen LogP contribution in [0, 0.1) is 0 Å². The third-order valence-electron chi connectivity index (χ3n) is 2.02. The van der Waals surface area contributed by atoms with Crippen LogP contribution in [0.25, 0.3) is 0 Å². The number of rotatable bonds is 5. The Morgan fingerprint density at radius 3 is 2.88 bits per heavy atom. The average Bonchev–Trinajstić information content (AvgIpc) is 2.60.